The SMILES string of the molecule is N#Cc1cccnc1N1CCN(C(=O)Cc2csc(NC(=O)Cc3cccs3)n2)CC1. The summed E-state index contributed by atoms with van der Waals surface area (Å²) in [7, 11) is 0. The highest BCUT2D eigenvalue weighted by molar-refractivity contribution is 7.14. The fourth-order valence-corrected chi connectivity index (χ4v) is 4.78. The molecule has 3 aromatic rings. The largest absolute Gasteiger partial charge is 0.352 e. The number of nitrogens with zero attached hydrogens (tertiary/aromatic N) is 5. The predicted molar refractivity (Wildman–Crippen MR) is 120 cm³/mol. The van der Waals surface area contributed by atoms with Crippen molar-refractivity contribution in [2.45, 2.75) is 12.8 Å². The van der Waals surface area contributed by atoms with Crippen molar-refractivity contribution in [2.75, 3.05) is 36.4 Å². The average molecular weight is 453 g/mol. The second kappa shape index (κ2) is 9.68. The molecule has 31 heavy (non-hydrogen) atoms. The van der Waals surface area contributed by atoms with Crippen LogP contribution in [-0.2, 0) is 22.4 Å². The van der Waals surface area contributed by atoms with Crippen molar-refractivity contribution in [1.29, 1.82) is 5.26 Å². The van der Waals surface area contributed by atoms with Crippen molar-refractivity contribution < 1.29 is 9.59 Å². The van der Waals surface area contributed by atoms with Gasteiger partial charge in [-0.2, -0.15) is 5.26 Å². The third-order valence-electron chi connectivity index (χ3n) is 4.88. The summed E-state index contributed by atoms with van der Waals surface area (Å²) in [6.45, 7) is 2.38. The summed E-state index contributed by atoms with van der Waals surface area (Å²) in [5.41, 5.74) is 1.19. The molecular weight excluding hydrogens is 432 g/mol. The van der Waals surface area contributed by atoms with Crippen LogP contribution in [-0.4, -0.2) is 52.9 Å². The van der Waals surface area contributed by atoms with E-state index in [1.807, 2.05) is 27.8 Å². The maximum absolute atomic E-state index is 12.7. The van der Waals surface area contributed by atoms with E-state index in [1.165, 1.54) is 11.3 Å². The van der Waals surface area contributed by atoms with Gasteiger partial charge in [0.25, 0.3) is 0 Å². The number of thiazole rings is 1. The number of amides is 2. The molecule has 10 heteroatoms. The van der Waals surface area contributed by atoms with Crippen LogP contribution >= 0.6 is 22.7 Å². The van der Waals surface area contributed by atoms with E-state index in [-0.39, 0.29) is 18.2 Å². The number of carbonyl (C=O) groups is 2. The number of carbonyl (C=O) groups excluding carboxylic acids is 2. The Hall–Kier alpha value is -3.29. The predicted octanol–water partition coefficient (Wildman–Crippen LogP) is 2.54. The van der Waals surface area contributed by atoms with E-state index in [9.17, 15) is 14.9 Å². The zero-order valence-corrected chi connectivity index (χ0v) is 18.3. The highest BCUT2D eigenvalue weighted by Crippen LogP contribution is 2.20. The molecule has 1 fully saturated rings. The molecule has 3 aromatic heterocycles. The Morgan fingerprint density at radius 3 is 2.71 bits per heavy atom. The quantitative estimate of drug-likeness (QED) is 0.617. The molecule has 8 nitrogen and oxygen atoms in total. The van der Waals surface area contributed by atoms with Crippen LogP contribution in [0.15, 0.2) is 41.2 Å². The number of hydrogen-bond donors (Lipinski definition) is 1. The van der Waals surface area contributed by atoms with Crippen molar-refractivity contribution in [1.82, 2.24) is 14.9 Å². The molecule has 0 spiro atoms. The molecular formula is C21H20N6O2S2. The number of pyridine rings is 1. The number of aromatic nitrogens is 2. The smallest absolute Gasteiger partial charge is 0.231 e. The zero-order chi connectivity index (χ0) is 21.6. The number of nitrogens with one attached hydrogen (secondary N) is 1. The van der Waals surface area contributed by atoms with Crippen LogP contribution in [0, 0.1) is 11.3 Å². The lowest BCUT2D eigenvalue weighted by Crippen LogP contribution is -2.49. The van der Waals surface area contributed by atoms with Gasteiger partial charge in [0.2, 0.25) is 11.8 Å². The second-order valence-electron chi connectivity index (χ2n) is 6.98. The molecule has 158 valence electrons. The molecule has 0 saturated carbocycles. The Bertz CT molecular complexity index is 1100. The first-order valence-corrected chi connectivity index (χ1v) is 11.5. The van der Waals surface area contributed by atoms with Gasteiger partial charge in [0.05, 0.1) is 24.1 Å². The number of piperazine rings is 1. The molecule has 4 rings (SSSR count). The van der Waals surface area contributed by atoms with Gasteiger partial charge < -0.3 is 15.1 Å². The number of nitriles is 1. The zero-order valence-electron chi connectivity index (χ0n) is 16.7. The van der Waals surface area contributed by atoms with E-state index in [0.29, 0.717) is 54.8 Å². The van der Waals surface area contributed by atoms with Crippen molar-refractivity contribution in [2.24, 2.45) is 0 Å². The van der Waals surface area contributed by atoms with Crippen molar-refractivity contribution in [3.8, 4) is 6.07 Å². The van der Waals surface area contributed by atoms with Gasteiger partial charge in [-0.1, -0.05) is 6.07 Å². The molecule has 0 atom stereocenters. The first kappa shape index (κ1) is 21.0. The molecule has 2 amide bonds. The van der Waals surface area contributed by atoms with Crippen LogP contribution in [0.25, 0.3) is 0 Å². The summed E-state index contributed by atoms with van der Waals surface area (Å²) >= 11 is 2.86. The summed E-state index contributed by atoms with van der Waals surface area (Å²) in [6.07, 6.45) is 2.19. The first-order valence-electron chi connectivity index (χ1n) is 9.77. The summed E-state index contributed by atoms with van der Waals surface area (Å²) < 4.78 is 0. The van der Waals surface area contributed by atoms with Gasteiger partial charge in [0.15, 0.2) is 5.13 Å². The lowest BCUT2D eigenvalue weighted by molar-refractivity contribution is -0.130. The Morgan fingerprint density at radius 1 is 1.13 bits per heavy atom. The van der Waals surface area contributed by atoms with Crippen LogP contribution in [0.1, 0.15) is 16.1 Å². The van der Waals surface area contributed by atoms with Gasteiger partial charge in [-0.15, -0.1) is 22.7 Å². The third-order valence-corrected chi connectivity index (χ3v) is 6.57. The summed E-state index contributed by atoms with van der Waals surface area (Å²) in [5.74, 6) is 0.555. The van der Waals surface area contributed by atoms with E-state index in [4.69, 9.17) is 0 Å². The Balaban J connectivity index is 1.28. The minimum absolute atomic E-state index is 0.00272. The number of rotatable bonds is 6. The van der Waals surface area contributed by atoms with Crippen molar-refractivity contribution in [3.05, 3.63) is 57.4 Å². The Morgan fingerprint density at radius 2 is 1.97 bits per heavy atom. The van der Waals surface area contributed by atoms with Crippen LogP contribution < -0.4 is 10.2 Å². The fourth-order valence-electron chi connectivity index (χ4n) is 3.35. The van der Waals surface area contributed by atoms with Crippen molar-refractivity contribution >= 4 is 45.4 Å². The van der Waals surface area contributed by atoms with Crippen LogP contribution in [0.4, 0.5) is 10.9 Å². The summed E-state index contributed by atoms with van der Waals surface area (Å²) in [4.78, 5) is 38.3. The molecule has 0 aromatic carbocycles. The molecule has 0 bridgehead atoms. The Kier molecular flexibility index (Phi) is 6.54. The van der Waals surface area contributed by atoms with Crippen LogP contribution in [0.3, 0.4) is 0 Å². The van der Waals surface area contributed by atoms with E-state index >= 15 is 0 Å². The lowest BCUT2D eigenvalue weighted by atomic mass is 10.2. The third kappa shape index (κ3) is 5.25. The van der Waals surface area contributed by atoms with Crippen LogP contribution in [0.5, 0.6) is 0 Å². The fraction of sp³-hybridized carbons (Fsp3) is 0.286. The maximum atomic E-state index is 12.7. The molecule has 1 saturated heterocycles. The molecule has 1 aliphatic rings. The topological polar surface area (TPSA) is 102 Å². The summed E-state index contributed by atoms with van der Waals surface area (Å²) in [5, 5.41) is 16.3. The standard InChI is InChI=1S/C21H20N6O2S2/c22-13-15-3-1-5-23-20(15)27-8-6-26(7-9-27)19(29)11-16-14-31-21(24-16)25-18(28)12-17-4-2-10-30-17/h1-5,10,14H,6-9,11-12H2,(H,24,25,28). The number of thiophene rings is 1. The van der Waals surface area contributed by atoms with Gasteiger partial charge in [0, 0.05) is 42.6 Å². The number of anilines is 2. The monoisotopic (exact) mass is 452 g/mol. The molecule has 4 heterocycles. The van der Waals surface area contributed by atoms with E-state index in [0.717, 1.165) is 4.88 Å². The second-order valence-corrected chi connectivity index (χ2v) is 8.87. The first-order chi connectivity index (χ1) is 15.1. The van der Waals surface area contributed by atoms with Crippen molar-refractivity contribution in [3.63, 3.8) is 0 Å². The average Bonchev–Trinajstić information content (AvgIpc) is 3.46. The van der Waals surface area contributed by atoms with Gasteiger partial charge in [-0.05, 0) is 23.6 Å². The number of hydrogen-bond acceptors (Lipinski definition) is 8. The van der Waals surface area contributed by atoms with E-state index in [1.54, 1.807) is 34.6 Å². The highest BCUT2D eigenvalue weighted by Gasteiger charge is 2.24. The normalized spacial score (nSPS) is 13.6. The minimum atomic E-state index is -0.114. The maximum Gasteiger partial charge on any atom is 0.231 e. The lowest BCUT2D eigenvalue weighted by Gasteiger charge is -2.35. The molecule has 1 aliphatic heterocycles. The highest BCUT2D eigenvalue weighted by atomic mass is 32.1. The summed E-state index contributed by atoms with van der Waals surface area (Å²) in [6, 6.07) is 9.50. The molecule has 0 unspecified atom stereocenters. The van der Waals surface area contributed by atoms with Gasteiger partial charge in [-0.25, -0.2) is 9.97 Å². The van der Waals surface area contributed by atoms with Gasteiger partial charge in [0.1, 0.15) is 11.9 Å². The van der Waals surface area contributed by atoms with Gasteiger partial charge in [-0.3, -0.25) is 9.59 Å². The van der Waals surface area contributed by atoms with E-state index < -0.39 is 0 Å². The molecule has 0 aliphatic carbocycles. The molecule has 0 radical (unpaired) electrons. The minimum Gasteiger partial charge on any atom is -0.352 e. The van der Waals surface area contributed by atoms with E-state index in [2.05, 4.69) is 21.4 Å². The Labute approximate surface area is 187 Å². The van der Waals surface area contributed by atoms with Gasteiger partial charge >= 0.3 is 0 Å². The van der Waals surface area contributed by atoms with Crippen LogP contribution in [0.2, 0.25) is 0 Å². The molecule has 1 N–H and O–H groups in total.